The minimum absolute atomic E-state index is 0.418. The molecule has 0 saturated carbocycles. The zero-order chi connectivity index (χ0) is 21.4. The van der Waals surface area contributed by atoms with Crippen LogP contribution in [0.15, 0.2) is 24.3 Å². The van der Waals surface area contributed by atoms with Gasteiger partial charge in [-0.2, -0.15) is 0 Å². The third kappa shape index (κ3) is 7.85. The molecule has 0 unspecified atom stereocenters. The van der Waals surface area contributed by atoms with Crippen molar-refractivity contribution in [1.29, 1.82) is 0 Å². The summed E-state index contributed by atoms with van der Waals surface area (Å²) in [7, 11) is 0. The van der Waals surface area contributed by atoms with Gasteiger partial charge >= 0.3 is 0 Å². The Kier molecular flexibility index (Phi) is 11.4. The molecule has 0 saturated heterocycles. The monoisotopic (exact) mass is 456 g/mol. The predicted octanol–water partition coefficient (Wildman–Crippen LogP) is 6.96. The molecule has 6 heteroatoms. The summed E-state index contributed by atoms with van der Waals surface area (Å²) in [6.45, 7) is 17.6. The molecule has 0 aromatic heterocycles. The van der Waals surface area contributed by atoms with Crippen molar-refractivity contribution < 1.29 is 0 Å². The third-order valence-corrected chi connectivity index (χ3v) is 7.42. The SMILES string of the molecule is CC(C)N(C(=S)SCc1ccccc1CSC(=S)N(C(C)C)C(C)C)C(C)C. The first-order chi connectivity index (χ1) is 13.1. The van der Waals surface area contributed by atoms with Gasteiger partial charge in [-0.25, -0.2) is 0 Å². The first-order valence-electron chi connectivity index (χ1n) is 10.0. The largest absolute Gasteiger partial charge is 0.353 e. The number of benzene rings is 1. The van der Waals surface area contributed by atoms with Crippen molar-refractivity contribution in [2.24, 2.45) is 0 Å². The summed E-state index contributed by atoms with van der Waals surface area (Å²) in [6.07, 6.45) is 0. The number of rotatable bonds is 8. The van der Waals surface area contributed by atoms with Gasteiger partial charge in [-0.1, -0.05) is 72.2 Å². The summed E-state index contributed by atoms with van der Waals surface area (Å²) >= 11 is 15.0. The van der Waals surface area contributed by atoms with Gasteiger partial charge in [0.1, 0.15) is 8.64 Å². The van der Waals surface area contributed by atoms with Gasteiger partial charge < -0.3 is 9.80 Å². The average Bonchev–Trinajstić information content (AvgIpc) is 2.57. The minimum atomic E-state index is 0.418. The molecule has 158 valence electrons. The van der Waals surface area contributed by atoms with Gasteiger partial charge in [0, 0.05) is 35.7 Å². The van der Waals surface area contributed by atoms with Gasteiger partial charge in [-0.05, 0) is 66.5 Å². The Morgan fingerprint density at radius 2 is 0.964 bits per heavy atom. The molecule has 0 fully saturated rings. The summed E-state index contributed by atoms with van der Waals surface area (Å²) < 4.78 is 1.96. The maximum atomic E-state index is 5.72. The molecule has 0 aliphatic rings. The van der Waals surface area contributed by atoms with Gasteiger partial charge in [-0.15, -0.1) is 0 Å². The molecule has 1 aromatic carbocycles. The summed E-state index contributed by atoms with van der Waals surface area (Å²) in [5, 5.41) is 0. The third-order valence-electron chi connectivity index (χ3n) is 4.47. The number of thioether (sulfide) groups is 2. The first-order valence-corrected chi connectivity index (χ1v) is 12.8. The number of nitrogens with zero attached hydrogens (tertiary/aromatic N) is 2. The standard InChI is InChI=1S/C22H36N2S4/c1-15(2)23(16(3)4)21(25)27-13-19-11-9-10-12-20(19)14-28-22(26)24(17(5)6)18(7)8/h9-12,15-18H,13-14H2,1-8H3. The molecule has 0 radical (unpaired) electrons. The minimum Gasteiger partial charge on any atom is -0.353 e. The molecule has 0 bridgehead atoms. The highest BCUT2D eigenvalue weighted by Gasteiger charge is 2.19. The van der Waals surface area contributed by atoms with Gasteiger partial charge in [0.2, 0.25) is 0 Å². The molecule has 1 rings (SSSR count). The quantitative estimate of drug-likeness (QED) is 0.387. The van der Waals surface area contributed by atoms with Crippen LogP contribution in [0.4, 0.5) is 0 Å². The molecule has 0 spiro atoms. The van der Waals surface area contributed by atoms with Crippen LogP contribution in [0, 0.1) is 0 Å². The number of hydrogen-bond acceptors (Lipinski definition) is 4. The van der Waals surface area contributed by atoms with Crippen LogP contribution in [-0.4, -0.2) is 42.6 Å². The van der Waals surface area contributed by atoms with Crippen molar-refractivity contribution in [2.75, 3.05) is 0 Å². The number of thiocarbonyl (C=S) groups is 2. The van der Waals surface area contributed by atoms with E-state index in [2.05, 4.69) is 89.5 Å². The van der Waals surface area contributed by atoms with E-state index in [0.717, 1.165) is 20.1 Å². The maximum absolute atomic E-state index is 5.72. The van der Waals surface area contributed by atoms with E-state index < -0.39 is 0 Å². The van der Waals surface area contributed by atoms with E-state index in [1.165, 1.54) is 11.1 Å². The maximum Gasteiger partial charge on any atom is 0.137 e. The van der Waals surface area contributed by atoms with E-state index in [-0.39, 0.29) is 0 Å². The van der Waals surface area contributed by atoms with E-state index in [1.807, 2.05) is 0 Å². The smallest absolute Gasteiger partial charge is 0.137 e. The summed E-state index contributed by atoms with van der Waals surface area (Å²) in [5.74, 6) is 1.80. The van der Waals surface area contributed by atoms with Crippen LogP contribution in [0.2, 0.25) is 0 Å². The normalized spacial score (nSPS) is 11.6. The second-order valence-electron chi connectivity index (χ2n) is 8.07. The molecular weight excluding hydrogens is 421 g/mol. The molecule has 0 amide bonds. The molecule has 2 nitrogen and oxygen atoms in total. The highest BCUT2D eigenvalue weighted by Crippen LogP contribution is 2.26. The fourth-order valence-electron chi connectivity index (χ4n) is 3.30. The first kappa shape index (κ1) is 25.7. The lowest BCUT2D eigenvalue weighted by Crippen LogP contribution is -2.39. The molecule has 0 heterocycles. The molecule has 28 heavy (non-hydrogen) atoms. The Morgan fingerprint density at radius 1 is 0.679 bits per heavy atom. The molecule has 0 atom stereocenters. The van der Waals surface area contributed by atoms with Crippen molar-refractivity contribution in [3.05, 3.63) is 35.4 Å². The van der Waals surface area contributed by atoms with Crippen LogP contribution >= 0.6 is 48.0 Å². The van der Waals surface area contributed by atoms with Gasteiger partial charge in [0.05, 0.1) is 0 Å². The lowest BCUT2D eigenvalue weighted by Gasteiger charge is -2.33. The van der Waals surface area contributed by atoms with Crippen LogP contribution in [-0.2, 0) is 11.5 Å². The molecule has 0 aliphatic heterocycles. The highest BCUT2D eigenvalue weighted by molar-refractivity contribution is 8.22. The van der Waals surface area contributed by atoms with E-state index >= 15 is 0 Å². The Balaban J connectivity index is 2.78. The topological polar surface area (TPSA) is 6.48 Å². The fraction of sp³-hybridized carbons (Fsp3) is 0.636. The highest BCUT2D eigenvalue weighted by atomic mass is 32.2. The van der Waals surface area contributed by atoms with Crippen molar-refractivity contribution in [1.82, 2.24) is 9.80 Å². The summed E-state index contributed by atoms with van der Waals surface area (Å²) in [4.78, 5) is 4.63. The predicted molar refractivity (Wildman–Crippen MR) is 138 cm³/mol. The van der Waals surface area contributed by atoms with Crippen LogP contribution in [0.25, 0.3) is 0 Å². The van der Waals surface area contributed by atoms with E-state index in [4.69, 9.17) is 24.4 Å². The van der Waals surface area contributed by atoms with Crippen molar-refractivity contribution >= 4 is 56.6 Å². The second kappa shape index (κ2) is 12.4. The van der Waals surface area contributed by atoms with Crippen molar-refractivity contribution in [3.8, 4) is 0 Å². The van der Waals surface area contributed by atoms with E-state index in [9.17, 15) is 0 Å². The fourth-order valence-corrected chi connectivity index (χ4v) is 6.76. The van der Waals surface area contributed by atoms with E-state index in [0.29, 0.717) is 24.2 Å². The Hall–Kier alpha value is -0.300. The van der Waals surface area contributed by atoms with Gasteiger partial charge in [-0.3, -0.25) is 0 Å². The van der Waals surface area contributed by atoms with Crippen molar-refractivity contribution in [3.63, 3.8) is 0 Å². The van der Waals surface area contributed by atoms with Crippen LogP contribution < -0.4 is 0 Å². The van der Waals surface area contributed by atoms with Crippen molar-refractivity contribution in [2.45, 2.75) is 91.1 Å². The van der Waals surface area contributed by atoms with Crippen LogP contribution in [0.3, 0.4) is 0 Å². The van der Waals surface area contributed by atoms with Crippen LogP contribution in [0.5, 0.6) is 0 Å². The Bertz CT molecular complexity index is 570. The van der Waals surface area contributed by atoms with Gasteiger partial charge in [0.15, 0.2) is 0 Å². The van der Waals surface area contributed by atoms with E-state index in [1.54, 1.807) is 23.5 Å². The summed E-state index contributed by atoms with van der Waals surface area (Å²) in [5.41, 5.74) is 2.69. The number of hydrogen-bond donors (Lipinski definition) is 0. The molecule has 0 aliphatic carbocycles. The molecule has 0 N–H and O–H groups in total. The summed E-state index contributed by atoms with van der Waals surface area (Å²) in [6, 6.07) is 10.3. The van der Waals surface area contributed by atoms with Gasteiger partial charge in [0.25, 0.3) is 0 Å². The zero-order valence-electron chi connectivity index (χ0n) is 18.6. The lowest BCUT2D eigenvalue weighted by atomic mass is 10.1. The Labute approximate surface area is 192 Å². The second-order valence-corrected chi connectivity index (χ2v) is 11.3. The molecular formula is C22H36N2S4. The average molecular weight is 457 g/mol. The van der Waals surface area contributed by atoms with Crippen LogP contribution in [0.1, 0.15) is 66.5 Å². The lowest BCUT2D eigenvalue weighted by molar-refractivity contribution is 0.302. The Morgan fingerprint density at radius 3 is 1.21 bits per heavy atom. The zero-order valence-corrected chi connectivity index (χ0v) is 21.8. The molecule has 1 aromatic rings.